The number of H-pyrrole nitrogens is 1. The average molecular weight is 413 g/mol. The smallest absolute Gasteiger partial charge is 0.250 e. The van der Waals surface area contributed by atoms with Crippen LogP contribution in [0.1, 0.15) is 34.2 Å². The SMILES string of the molecule is NC(=O)c1cccc2c(C3NC4=C(CC=NC=C4)C(NCc4ccccc4)N3)[nH]nc12. The Morgan fingerprint density at radius 1 is 1.16 bits per heavy atom. The Morgan fingerprint density at radius 3 is 2.87 bits per heavy atom. The number of primary amides is 1. The summed E-state index contributed by atoms with van der Waals surface area (Å²) in [7, 11) is 0. The zero-order valence-electron chi connectivity index (χ0n) is 16.8. The molecule has 0 aliphatic carbocycles. The van der Waals surface area contributed by atoms with Gasteiger partial charge in [0.05, 0.1) is 17.4 Å². The minimum absolute atomic E-state index is 0.0756. The second-order valence-corrected chi connectivity index (χ2v) is 7.54. The number of aromatic nitrogens is 2. The number of allylic oxidation sites excluding steroid dienone is 1. The van der Waals surface area contributed by atoms with Crippen LogP contribution in [0.4, 0.5) is 0 Å². The Balaban J connectivity index is 1.48. The first-order valence-electron chi connectivity index (χ1n) is 10.2. The molecular weight excluding hydrogens is 390 g/mol. The summed E-state index contributed by atoms with van der Waals surface area (Å²) in [6, 6.07) is 15.7. The third kappa shape index (κ3) is 3.74. The van der Waals surface area contributed by atoms with Crippen LogP contribution >= 0.6 is 0 Å². The molecule has 8 nitrogen and oxygen atoms in total. The summed E-state index contributed by atoms with van der Waals surface area (Å²) in [6.07, 6.45) is 6.09. The quantitative estimate of drug-likeness (QED) is 0.439. The molecule has 0 saturated heterocycles. The van der Waals surface area contributed by atoms with Crippen molar-refractivity contribution in [1.82, 2.24) is 26.1 Å². The molecule has 0 bridgehead atoms. The first-order valence-corrected chi connectivity index (χ1v) is 10.2. The minimum atomic E-state index is -0.496. The lowest BCUT2D eigenvalue weighted by Gasteiger charge is -2.35. The van der Waals surface area contributed by atoms with Gasteiger partial charge in [-0.05, 0) is 23.3 Å². The van der Waals surface area contributed by atoms with Gasteiger partial charge in [-0.25, -0.2) is 0 Å². The van der Waals surface area contributed by atoms with E-state index in [1.807, 2.05) is 42.6 Å². The highest BCUT2D eigenvalue weighted by molar-refractivity contribution is 6.05. The molecule has 2 atom stereocenters. The van der Waals surface area contributed by atoms with Crippen LogP contribution in [-0.4, -0.2) is 28.5 Å². The number of hydrogen-bond donors (Lipinski definition) is 5. The van der Waals surface area contributed by atoms with Gasteiger partial charge in [0.2, 0.25) is 0 Å². The molecule has 0 spiro atoms. The molecule has 2 aliphatic rings. The molecule has 8 heteroatoms. The summed E-state index contributed by atoms with van der Waals surface area (Å²) in [6.45, 7) is 0.721. The molecule has 3 heterocycles. The number of rotatable bonds is 5. The molecule has 2 aliphatic heterocycles. The highest BCUT2D eigenvalue weighted by atomic mass is 16.1. The van der Waals surface area contributed by atoms with E-state index in [0.717, 1.165) is 29.7 Å². The van der Waals surface area contributed by atoms with Crippen LogP contribution in [0.2, 0.25) is 0 Å². The van der Waals surface area contributed by atoms with Gasteiger partial charge in [-0.3, -0.25) is 25.5 Å². The second kappa shape index (κ2) is 8.17. The van der Waals surface area contributed by atoms with Crippen LogP contribution in [0.5, 0.6) is 0 Å². The highest BCUT2D eigenvalue weighted by Gasteiger charge is 2.30. The zero-order chi connectivity index (χ0) is 21.2. The Kier molecular flexibility index (Phi) is 5.07. The number of nitrogens with two attached hydrogens (primary N) is 1. The van der Waals surface area contributed by atoms with Crippen LogP contribution in [0.25, 0.3) is 10.9 Å². The molecule has 2 unspecified atom stereocenters. The lowest BCUT2D eigenvalue weighted by molar-refractivity contribution is 0.100. The van der Waals surface area contributed by atoms with Crippen LogP contribution in [0.15, 0.2) is 77.1 Å². The van der Waals surface area contributed by atoms with E-state index >= 15 is 0 Å². The van der Waals surface area contributed by atoms with Crippen molar-refractivity contribution >= 4 is 23.0 Å². The van der Waals surface area contributed by atoms with Crippen molar-refractivity contribution in [3.05, 3.63) is 88.9 Å². The predicted octanol–water partition coefficient (Wildman–Crippen LogP) is 2.21. The maximum absolute atomic E-state index is 11.8. The summed E-state index contributed by atoms with van der Waals surface area (Å²) in [4.78, 5) is 16.1. The van der Waals surface area contributed by atoms with Crippen molar-refractivity contribution in [2.75, 3.05) is 0 Å². The number of amides is 1. The number of aliphatic imine (C=N–C) groups is 1. The largest absolute Gasteiger partial charge is 0.366 e. The van der Waals surface area contributed by atoms with Gasteiger partial charge in [-0.1, -0.05) is 42.5 Å². The molecule has 2 aromatic carbocycles. The Bertz CT molecular complexity index is 1210. The van der Waals surface area contributed by atoms with Crippen LogP contribution in [0.3, 0.4) is 0 Å². The molecule has 1 amide bonds. The number of carbonyl (C=O) groups is 1. The molecule has 1 aromatic heterocycles. The summed E-state index contributed by atoms with van der Waals surface area (Å²) < 4.78 is 0. The molecule has 0 saturated carbocycles. The summed E-state index contributed by atoms with van der Waals surface area (Å²) in [5.41, 5.74) is 10.7. The van der Waals surface area contributed by atoms with E-state index in [2.05, 4.69) is 43.3 Å². The van der Waals surface area contributed by atoms with Gasteiger partial charge < -0.3 is 11.1 Å². The highest BCUT2D eigenvalue weighted by Crippen LogP contribution is 2.28. The Morgan fingerprint density at radius 2 is 2.03 bits per heavy atom. The van der Waals surface area contributed by atoms with Crippen molar-refractivity contribution < 1.29 is 4.79 Å². The first-order chi connectivity index (χ1) is 15.2. The molecule has 0 fully saturated rings. The van der Waals surface area contributed by atoms with Crippen molar-refractivity contribution in [2.24, 2.45) is 10.7 Å². The fourth-order valence-electron chi connectivity index (χ4n) is 4.06. The summed E-state index contributed by atoms with van der Waals surface area (Å²) in [5, 5.41) is 19.1. The number of hydrogen-bond acceptors (Lipinski definition) is 6. The maximum Gasteiger partial charge on any atom is 0.250 e. The van der Waals surface area contributed by atoms with Crippen molar-refractivity contribution in [1.29, 1.82) is 0 Å². The lowest BCUT2D eigenvalue weighted by atomic mass is 10.0. The number of para-hydroxylation sites is 1. The molecule has 0 radical (unpaired) electrons. The minimum Gasteiger partial charge on any atom is -0.366 e. The second-order valence-electron chi connectivity index (χ2n) is 7.54. The molecule has 6 N–H and O–H groups in total. The van der Waals surface area contributed by atoms with Gasteiger partial charge in [-0.15, -0.1) is 0 Å². The Labute approximate surface area is 179 Å². The van der Waals surface area contributed by atoms with Crippen LogP contribution in [-0.2, 0) is 6.54 Å². The van der Waals surface area contributed by atoms with E-state index in [-0.39, 0.29) is 12.3 Å². The summed E-state index contributed by atoms with van der Waals surface area (Å²) >= 11 is 0. The van der Waals surface area contributed by atoms with E-state index in [1.54, 1.807) is 12.3 Å². The number of benzene rings is 2. The van der Waals surface area contributed by atoms with E-state index in [1.165, 1.54) is 11.1 Å². The van der Waals surface area contributed by atoms with E-state index in [9.17, 15) is 4.79 Å². The number of aromatic amines is 1. The fourth-order valence-corrected chi connectivity index (χ4v) is 4.06. The van der Waals surface area contributed by atoms with Gasteiger partial charge >= 0.3 is 0 Å². The molecular formula is C23H23N7O. The standard InChI is InChI=1S/C23H23N7O/c24-21(31)17-8-4-7-16-19(17)29-30-20(16)23-27-18-10-12-25-11-9-15(18)22(28-23)26-13-14-5-2-1-3-6-14/h1-8,10-12,22-23,26-28H,9,13H2,(H2,24,31)(H,29,30). The lowest BCUT2D eigenvalue weighted by Crippen LogP contribution is -2.53. The number of nitrogens with one attached hydrogen (secondary N) is 4. The van der Waals surface area contributed by atoms with Crippen molar-refractivity contribution in [3.63, 3.8) is 0 Å². The van der Waals surface area contributed by atoms with E-state index < -0.39 is 5.91 Å². The number of fused-ring (bicyclic) bond motifs is 1. The topological polar surface area (TPSA) is 120 Å². The van der Waals surface area contributed by atoms with Crippen LogP contribution in [0, 0.1) is 0 Å². The summed E-state index contributed by atoms with van der Waals surface area (Å²) in [5.74, 6) is -0.496. The van der Waals surface area contributed by atoms with Gasteiger partial charge in [-0.2, -0.15) is 5.10 Å². The van der Waals surface area contributed by atoms with Gasteiger partial charge in [0.25, 0.3) is 5.91 Å². The van der Waals surface area contributed by atoms with Crippen molar-refractivity contribution in [2.45, 2.75) is 25.3 Å². The first kappa shape index (κ1) is 19.2. The molecule has 3 aromatic rings. The normalized spacial score (nSPS) is 20.4. The molecule has 5 rings (SSSR count). The number of nitrogens with zero attached hydrogens (tertiary/aromatic N) is 2. The Hall–Kier alpha value is -3.75. The molecule has 31 heavy (non-hydrogen) atoms. The third-order valence-corrected chi connectivity index (χ3v) is 5.59. The van der Waals surface area contributed by atoms with Crippen molar-refractivity contribution in [3.8, 4) is 0 Å². The fraction of sp³-hybridized carbons (Fsp3) is 0.174. The number of carbonyl (C=O) groups excluding carboxylic acids is 1. The van der Waals surface area contributed by atoms with Gasteiger partial charge in [0.1, 0.15) is 11.7 Å². The monoisotopic (exact) mass is 413 g/mol. The van der Waals surface area contributed by atoms with E-state index in [4.69, 9.17) is 5.73 Å². The van der Waals surface area contributed by atoms with Gasteiger partial charge in [0.15, 0.2) is 0 Å². The maximum atomic E-state index is 11.8. The average Bonchev–Trinajstić information content (AvgIpc) is 3.08. The van der Waals surface area contributed by atoms with Crippen LogP contribution < -0.4 is 21.7 Å². The third-order valence-electron chi connectivity index (χ3n) is 5.59. The van der Waals surface area contributed by atoms with Gasteiger partial charge in [0, 0.05) is 36.5 Å². The van der Waals surface area contributed by atoms with E-state index in [0.29, 0.717) is 11.1 Å². The zero-order valence-corrected chi connectivity index (χ0v) is 16.8. The predicted molar refractivity (Wildman–Crippen MR) is 120 cm³/mol. The molecule has 156 valence electrons.